The maximum absolute atomic E-state index is 11.4. The molecule has 96 valence electrons. The number of hydrogen-bond acceptors (Lipinski definition) is 4. The summed E-state index contributed by atoms with van der Waals surface area (Å²) in [6.07, 6.45) is -0.844. The highest BCUT2D eigenvalue weighted by molar-refractivity contribution is 6.42. The highest BCUT2D eigenvalue weighted by atomic mass is 35.5. The quantitative estimate of drug-likeness (QED) is 0.852. The van der Waals surface area contributed by atoms with Crippen molar-refractivity contribution in [1.82, 2.24) is 0 Å². The van der Waals surface area contributed by atoms with Crippen molar-refractivity contribution in [2.24, 2.45) is 0 Å². The number of nitrogens with one attached hydrogen (secondary N) is 1. The van der Waals surface area contributed by atoms with Crippen molar-refractivity contribution in [3.63, 3.8) is 0 Å². The van der Waals surface area contributed by atoms with Gasteiger partial charge in [0.25, 0.3) is 0 Å². The summed E-state index contributed by atoms with van der Waals surface area (Å²) in [6.45, 7) is 3.72. The summed E-state index contributed by atoms with van der Waals surface area (Å²) in [4.78, 5) is 11.4. The maximum Gasteiger partial charge on any atom is 0.354 e. The van der Waals surface area contributed by atoms with Gasteiger partial charge in [-0.1, -0.05) is 29.8 Å². The predicted molar refractivity (Wildman–Crippen MR) is 69.0 cm³/mol. The Labute approximate surface area is 111 Å². The zero-order valence-electron chi connectivity index (χ0n) is 10.1. The molecule has 1 aromatic carbocycles. The summed E-state index contributed by atoms with van der Waals surface area (Å²) in [6, 6.07) is 9.40. The van der Waals surface area contributed by atoms with E-state index in [0.29, 0.717) is 5.70 Å². The summed E-state index contributed by atoms with van der Waals surface area (Å²) < 4.78 is 10.5. The number of para-hydroxylation sites is 1. The lowest BCUT2D eigenvalue weighted by Gasteiger charge is -2.18. The molecule has 0 aliphatic carbocycles. The largest absolute Gasteiger partial charge is 0.425 e. The van der Waals surface area contributed by atoms with E-state index in [9.17, 15) is 4.79 Å². The number of cyclic esters (lactones) is 1. The fraction of sp³-hybridized carbons (Fsp3) is 0.308. The van der Waals surface area contributed by atoms with Crippen LogP contribution in [0.15, 0.2) is 41.1 Å². The zero-order valence-corrected chi connectivity index (χ0v) is 10.9. The van der Waals surface area contributed by atoms with Gasteiger partial charge in [0, 0.05) is 5.69 Å². The normalized spacial score (nSPS) is 19.3. The number of hydrogen-bond donors (Lipinski definition) is 1. The van der Waals surface area contributed by atoms with Crippen molar-refractivity contribution in [3.05, 3.63) is 41.1 Å². The molecule has 1 atom stereocenters. The molecule has 0 bridgehead atoms. The van der Waals surface area contributed by atoms with E-state index in [-0.39, 0.29) is 11.1 Å². The van der Waals surface area contributed by atoms with Crippen molar-refractivity contribution >= 4 is 23.3 Å². The first-order chi connectivity index (χ1) is 8.58. The minimum atomic E-state index is -0.773. The first-order valence-corrected chi connectivity index (χ1v) is 6.04. The van der Waals surface area contributed by atoms with Crippen LogP contribution >= 0.6 is 11.6 Å². The molecule has 1 unspecified atom stereocenters. The third-order valence-corrected chi connectivity index (χ3v) is 2.67. The Balaban J connectivity index is 2.19. The maximum atomic E-state index is 11.4. The Hall–Kier alpha value is -1.52. The van der Waals surface area contributed by atoms with E-state index in [1.165, 1.54) is 0 Å². The molecule has 1 aliphatic rings. The van der Waals surface area contributed by atoms with Crippen LogP contribution in [-0.4, -0.2) is 18.4 Å². The molecular weight excluding hydrogens is 254 g/mol. The van der Waals surface area contributed by atoms with Gasteiger partial charge in [-0.2, -0.15) is 0 Å². The third-order valence-electron chi connectivity index (χ3n) is 2.31. The van der Waals surface area contributed by atoms with Gasteiger partial charge in [-0.05, 0) is 26.0 Å². The monoisotopic (exact) mass is 267 g/mol. The summed E-state index contributed by atoms with van der Waals surface area (Å²) in [5, 5.41) is 3.09. The standard InChI is InChI=1S/C13H14ClNO3/c1-8(2)17-13-11(10(14)12(16)18-13)15-9-6-4-3-5-7-9/h3-8,13,15H,1-2H3. The molecular formula is C13H14ClNO3. The van der Waals surface area contributed by atoms with Crippen LogP contribution in [0.1, 0.15) is 13.8 Å². The van der Waals surface area contributed by atoms with E-state index in [2.05, 4.69) is 5.32 Å². The molecule has 1 heterocycles. The highest BCUT2D eigenvalue weighted by Crippen LogP contribution is 2.28. The SMILES string of the molecule is CC(C)OC1OC(=O)C(Cl)=C1Nc1ccccc1. The van der Waals surface area contributed by atoms with Gasteiger partial charge in [0.15, 0.2) is 5.03 Å². The van der Waals surface area contributed by atoms with Crippen LogP contribution in [0.25, 0.3) is 0 Å². The molecule has 0 fully saturated rings. The van der Waals surface area contributed by atoms with E-state index in [1.807, 2.05) is 44.2 Å². The Kier molecular flexibility index (Phi) is 3.89. The van der Waals surface area contributed by atoms with E-state index in [4.69, 9.17) is 21.1 Å². The predicted octanol–water partition coefficient (Wildman–Crippen LogP) is 2.86. The topological polar surface area (TPSA) is 47.6 Å². The van der Waals surface area contributed by atoms with Crippen LogP contribution in [-0.2, 0) is 14.3 Å². The molecule has 4 nitrogen and oxygen atoms in total. The van der Waals surface area contributed by atoms with E-state index < -0.39 is 12.3 Å². The summed E-state index contributed by atoms with van der Waals surface area (Å²) in [7, 11) is 0. The molecule has 18 heavy (non-hydrogen) atoms. The summed E-state index contributed by atoms with van der Waals surface area (Å²) in [5.74, 6) is -0.569. The number of rotatable bonds is 4. The van der Waals surface area contributed by atoms with Gasteiger partial charge >= 0.3 is 5.97 Å². The van der Waals surface area contributed by atoms with Crippen molar-refractivity contribution in [1.29, 1.82) is 0 Å². The van der Waals surface area contributed by atoms with Crippen molar-refractivity contribution in [2.45, 2.75) is 26.2 Å². The van der Waals surface area contributed by atoms with E-state index >= 15 is 0 Å². The average molecular weight is 268 g/mol. The van der Waals surface area contributed by atoms with Crippen LogP contribution < -0.4 is 5.32 Å². The minimum Gasteiger partial charge on any atom is -0.425 e. The number of esters is 1. The molecule has 1 aromatic rings. The molecule has 0 saturated heterocycles. The number of anilines is 1. The first-order valence-electron chi connectivity index (χ1n) is 5.66. The van der Waals surface area contributed by atoms with Crippen LogP contribution in [0.5, 0.6) is 0 Å². The van der Waals surface area contributed by atoms with Crippen molar-refractivity contribution < 1.29 is 14.3 Å². The Morgan fingerprint density at radius 2 is 2.00 bits per heavy atom. The zero-order chi connectivity index (χ0) is 13.1. The molecule has 0 aromatic heterocycles. The number of ether oxygens (including phenoxy) is 2. The average Bonchev–Trinajstić information content (AvgIpc) is 2.58. The molecule has 0 radical (unpaired) electrons. The van der Waals surface area contributed by atoms with Gasteiger partial charge in [-0.15, -0.1) is 0 Å². The Bertz CT molecular complexity index is 470. The van der Waals surface area contributed by atoms with Gasteiger partial charge in [0.1, 0.15) is 5.70 Å². The number of halogens is 1. The van der Waals surface area contributed by atoms with Gasteiger partial charge in [-0.3, -0.25) is 0 Å². The number of carbonyl (C=O) groups excluding carboxylic acids is 1. The van der Waals surface area contributed by atoms with Crippen LogP contribution in [0.2, 0.25) is 0 Å². The lowest BCUT2D eigenvalue weighted by molar-refractivity contribution is -0.165. The second-order valence-corrected chi connectivity index (χ2v) is 4.52. The first kappa shape index (κ1) is 12.9. The number of benzene rings is 1. The highest BCUT2D eigenvalue weighted by Gasteiger charge is 2.34. The van der Waals surface area contributed by atoms with Crippen LogP contribution in [0.4, 0.5) is 5.69 Å². The molecule has 0 saturated carbocycles. The lowest BCUT2D eigenvalue weighted by Crippen LogP contribution is -2.23. The second kappa shape index (κ2) is 5.42. The lowest BCUT2D eigenvalue weighted by atomic mass is 10.3. The van der Waals surface area contributed by atoms with Gasteiger partial charge in [0.05, 0.1) is 6.10 Å². The molecule has 1 N–H and O–H groups in total. The summed E-state index contributed by atoms with van der Waals surface area (Å²) >= 11 is 5.92. The van der Waals surface area contributed by atoms with Gasteiger partial charge < -0.3 is 14.8 Å². The van der Waals surface area contributed by atoms with E-state index in [1.54, 1.807) is 0 Å². The Morgan fingerprint density at radius 1 is 1.33 bits per heavy atom. The van der Waals surface area contributed by atoms with Crippen LogP contribution in [0.3, 0.4) is 0 Å². The minimum absolute atomic E-state index is 0.0319. The van der Waals surface area contributed by atoms with Crippen molar-refractivity contribution in [2.75, 3.05) is 5.32 Å². The molecule has 1 aliphatic heterocycles. The summed E-state index contributed by atoms with van der Waals surface area (Å²) in [5.41, 5.74) is 1.27. The molecule has 5 heteroatoms. The molecule has 2 rings (SSSR count). The fourth-order valence-corrected chi connectivity index (χ4v) is 1.74. The fourth-order valence-electron chi connectivity index (χ4n) is 1.56. The Morgan fingerprint density at radius 3 is 2.61 bits per heavy atom. The van der Waals surface area contributed by atoms with E-state index in [0.717, 1.165) is 5.69 Å². The second-order valence-electron chi connectivity index (χ2n) is 4.14. The number of carbonyl (C=O) groups is 1. The van der Waals surface area contributed by atoms with Crippen molar-refractivity contribution in [3.8, 4) is 0 Å². The third kappa shape index (κ3) is 2.83. The van der Waals surface area contributed by atoms with Gasteiger partial charge in [0.2, 0.25) is 6.29 Å². The van der Waals surface area contributed by atoms with Gasteiger partial charge in [-0.25, -0.2) is 4.79 Å². The molecule has 0 amide bonds. The molecule has 0 spiro atoms. The van der Waals surface area contributed by atoms with Crippen LogP contribution in [0, 0.1) is 0 Å². The smallest absolute Gasteiger partial charge is 0.354 e.